The first-order chi connectivity index (χ1) is 12.8. The van der Waals surface area contributed by atoms with E-state index in [1.54, 1.807) is 0 Å². The van der Waals surface area contributed by atoms with Gasteiger partial charge in [-0.2, -0.15) is 4.99 Å². The van der Waals surface area contributed by atoms with Crippen molar-refractivity contribution < 1.29 is 9.53 Å². The zero-order valence-electron chi connectivity index (χ0n) is 14.4. The molecule has 2 aliphatic rings. The molecule has 1 saturated heterocycles. The number of hydrogen-bond donors (Lipinski definition) is 0. The summed E-state index contributed by atoms with van der Waals surface area (Å²) in [6.45, 7) is 2.48. The Bertz CT molecular complexity index is 855. The number of thioether (sulfide) groups is 1. The molecule has 0 radical (unpaired) electrons. The molecule has 0 saturated carbocycles. The van der Waals surface area contributed by atoms with Crippen LogP contribution in [0.4, 0.5) is 0 Å². The second-order valence-electron chi connectivity index (χ2n) is 6.32. The summed E-state index contributed by atoms with van der Waals surface area (Å²) in [5.41, 5.74) is 2.01. The Morgan fingerprint density at radius 1 is 1.04 bits per heavy atom. The smallest absolute Gasteiger partial charge is 0.286 e. The average molecular weight is 364 g/mol. The summed E-state index contributed by atoms with van der Waals surface area (Å²) in [4.78, 5) is 19.4. The molecule has 4 rings (SSSR count). The molecule has 0 aliphatic carbocycles. The first kappa shape index (κ1) is 16.9. The maximum absolute atomic E-state index is 12.3. The molecular formula is C21H20N2O2S. The van der Waals surface area contributed by atoms with Crippen molar-refractivity contribution in [1.29, 1.82) is 0 Å². The van der Waals surface area contributed by atoms with Gasteiger partial charge in [-0.05, 0) is 42.3 Å². The van der Waals surface area contributed by atoms with Crippen LogP contribution in [-0.2, 0) is 11.4 Å². The predicted octanol–water partition coefficient (Wildman–Crippen LogP) is 4.33. The van der Waals surface area contributed by atoms with E-state index in [0.29, 0.717) is 11.5 Å². The molecule has 132 valence electrons. The number of rotatable bonds is 4. The lowest BCUT2D eigenvalue weighted by Crippen LogP contribution is -2.23. The van der Waals surface area contributed by atoms with Gasteiger partial charge in [0, 0.05) is 18.7 Å². The molecule has 0 aromatic heterocycles. The van der Waals surface area contributed by atoms with Crippen molar-refractivity contribution in [3.8, 4) is 5.75 Å². The van der Waals surface area contributed by atoms with Crippen LogP contribution in [0.3, 0.4) is 0 Å². The van der Waals surface area contributed by atoms with Crippen molar-refractivity contribution in [2.45, 2.75) is 19.4 Å². The van der Waals surface area contributed by atoms with Gasteiger partial charge < -0.3 is 9.64 Å². The Hall–Kier alpha value is -2.53. The molecule has 2 aliphatic heterocycles. The van der Waals surface area contributed by atoms with Gasteiger partial charge >= 0.3 is 0 Å². The van der Waals surface area contributed by atoms with Crippen LogP contribution in [0.25, 0.3) is 6.08 Å². The number of benzene rings is 2. The third-order valence-corrected chi connectivity index (χ3v) is 5.47. The molecule has 0 atom stereocenters. The highest BCUT2D eigenvalue weighted by Gasteiger charge is 2.27. The fraction of sp³-hybridized carbons (Fsp3) is 0.238. The monoisotopic (exact) mass is 364 g/mol. The Kier molecular flexibility index (Phi) is 5.07. The van der Waals surface area contributed by atoms with Crippen LogP contribution in [0.2, 0.25) is 0 Å². The normalized spacial score (nSPS) is 18.5. The van der Waals surface area contributed by atoms with Crippen molar-refractivity contribution in [2.24, 2.45) is 4.99 Å². The molecule has 0 N–H and O–H groups in total. The van der Waals surface area contributed by atoms with E-state index in [9.17, 15) is 4.79 Å². The summed E-state index contributed by atoms with van der Waals surface area (Å²) < 4.78 is 5.98. The van der Waals surface area contributed by atoms with Gasteiger partial charge in [-0.15, -0.1) is 0 Å². The van der Waals surface area contributed by atoms with E-state index in [4.69, 9.17) is 4.74 Å². The molecule has 2 aromatic carbocycles. The van der Waals surface area contributed by atoms with Crippen molar-refractivity contribution in [3.05, 3.63) is 70.6 Å². The maximum atomic E-state index is 12.3. The SMILES string of the molecule is O=C1N=C(N2CCCC2)SC1=Cc1ccccc1OCc1ccccc1. The summed E-state index contributed by atoms with van der Waals surface area (Å²) in [5, 5.41) is 0.835. The molecular weight excluding hydrogens is 344 g/mol. The molecule has 5 heteroatoms. The second kappa shape index (κ2) is 7.79. The number of aliphatic imine (C=N–C) groups is 1. The van der Waals surface area contributed by atoms with Gasteiger partial charge in [0.05, 0.1) is 4.91 Å². The Labute approximate surface area is 157 Å². The molecule has 2 aromatic rings. The first-order valence-electron chi connectivity index (χ1n) is 8.83. The third kappa shape index (κ3) is 3.83. The van der Waals surface area contributed by atoms with Gasteiger partial charge in [-0.1, -0.05) is 48.5 Å². The molecule has 0 bridgehead atoms. The number of likely N-dealkylation sites (tertiary alicyclic amines) is 1. The largest absolute Gasteiger partial charge is 0.488 e. The minimum atomic E-state index is -0.158. The van der Waals surface area contributed by atoms with E-state index in [2.05, 4.69) is 9.89 Å². The highest BCUT2D eigenvalue weighted by atomic mass is 32.2. The van der Waals surface area contributed by atoms with E-state index >= 15 is 0 Å². The molecule has 4 nitrogen and oxygen atoms in total. The molecule has 2 heterocycles. The van der Waals surface area contributed by atoms with Crippen LogP contribution in [0.1, 0.15) is 24.0 Å². The lowest BCUT2D eigenvalue weighted by atomic mass is 10.2. The molecule has 0 spiro atoms. The minimum absolute atomic E-state index is 0.158. The lowest BCUT2D eigenvalue weighted by Gasteiger charge is -2.14. The number of carbonyl (C=O) groups is 1. The van der Waals surface area contributed by atoms with Gasteiger partial charge in [0.1, 0.15) is 12.4 Å². The van der Waals surface area contributed by atoms with Crippen molar-refractivity contribution >= 4 is 28.9 Å². The number of nitrogens with zero attached hydrogens (tertiary/aromatic N) is 2. The molecule has 1 fully saturated rings. The number of hydrogen-bond acceptors (Lipinski definition) is 4. The Morgan fingerprint density at radius 2 is 1.77 bits per heavy atom. The standard InChI is InChI=1S/C21H20N2O2S/c24-20-19(26-21(22-20)23-12-6-7-13-23)14-17-10-4-5-11-18(17)25-15-16-8-2-1-3-9-16/h1-5,8-11,14H,6-7,12-13,15H2. The van der Waals surface area contributed by atoms with Crippen LogP contribution in [0, 0.1) is 0 Å². The number of ether oxygens (including phenoxy) is 1. The number of para-hydroxylation sites is 1. The van der Waals surface area contributed by atoms with E-state index in [1.807, 2.05) is 60.7 Å². The first-order valence-corrected chi connectivity index (χ1v) is 9.64. The van der Waals surface area contributed by atoms with Crippen LogP contribution in [0.15, 0.2) is 64.5 Å². The van der Waals surface area contributed by atoms with Crippen LogP contribution in [0.5, 0.6) is 5.75 Å². The zero-order valence-corrected chi connectivity index (χ0v) is 15.2. The summed E-state index contributed by atoms with van der Waals surface area (Å²) in [6, 6.07) is 17.8. The maximum Gasteiger partial charge on any atom is 0.286 e. The fourth-order valence-corrected chi connectivity index (χ4v) is 4.01. The van der Waals surface area contributed by atoms with Crippen molar-refractivity contribution in [3.63, 3.8) is 0 Å². The van der Waals surface area contributed by atoms with Gasteiger partial charge in [-0.25, -0.2) is 0 Å². The molecule has 26 heavy (non-hydrogen) atoms. The number of carbonyl (C=O) groups excluding carboxylic acids is 1. The second-order valence-corrected chi connectivity index (χ2v) is 7.33. The van der Waals surface area contributed by atoms with E-state index in [1.165, 1.54) is 24.6 Å². The molecule has 0 unspecified atom stereocenters. The zero-order chi connectivity index (χ0) is 17.8. The van der Waals surface area contributed by atoms with Gasteiger partial charge in [0.2, 0.25) is 0 Å². The quantitative estimate of drug-likeness (QED) is 0.757. The fourth-order valence-electron chi connectivity index (χ4n) is 3.05. The topological polar surface area (TPSA) is 41.9 Å². The summed E-state index contributed by atoms with van der Waals surface area (Å²) in [7, 11) is 0. The van der Waals surface area contributed by atoms with E-state index in [0.717, 1.165) is 35.1 Å². The minimum Gasteiger partial charge on any atom is -0.488 e. The highest BCUT2D eigenvalue weighted by Crippen LogP contribution is 2.33. The summed E-state index contributed by atoms with van der Waals surface area (Å²) in [5.74, 6) is 0.613. The van der Waals surface area contributed by atoms with Gasteiger partial charge in [0.25, 0.3) is 5.91 Å². The van der Waals surface area contributed by atoms with Crippen molar-refractivity contribution in [2.75, 3.05) is 13.1 Å². The van der Waals surface area contributed by atoms with Crippen LogP contribution >= 0.6 is 11.8 Å². The van der Waals surface area contributed by atoms with Crippen molar-refractivity contribution in [1.82, 2.24) is 4.90 Å². The summed E-state index contributed by atoms with van der Waals surface area (Å²) >= 11 is 1.47. The van der Waals surface area contributed by atoms with E-state index < -0.39 is 0 Å². The average Bonchev–Trinajstić information content (AvgIpc) is 3.32. The predicted molar refractivity (Wildman–Crippen MR) is 106 cm³/mol. The third-order valence-electron chi connectivity index (χ3n) is 4.43. The summed E-state index contributed by atoms with van der Waals surface area (Å²) in [6.07, 6.45) is 4.23. The Morgan fingerprint density at radius 3 is 2.58 bits per heavy atom. The Balaban J connectivity index is 1.50. The lowest BCUT2D eigenvalue weighted by molar-refractivity contribution is -0.113. The van der Waals surface area contributed by atoms with E-state index in [-0.39, 0.29) is 5.91 Å². The molecule has 1 amide bonds. The van der Waals surface area contributed by atoms with Crippen LogP contribution < -0.4 is 4.74 Å². The number of amides is 1. The van der Waals surface area contributed by atoms with Gasteiger partial charge in [0.15, 0.2) is 5.17 Å². The highest BCUT2D eigenvalue weighted by molar-refractivity contribution is 8.18. The van der Waals surface area contributed by atoms with Gasteiger partial charge in [-0.3, -0.25) is 4.79 Å². The van der Waals surface area contributed by atoms with Crippen LogP contribution in [-0.4, -0.2) is 29.1 Å². The number of amidine groups is 1.